The first kappa shape index (κ1) is 15.4. The van der Waals surface area contributed by atoms with Crippen LogP contribution in [0.3, 0.4) is 0 Å². The molecule has 0 aliphatic heterocycles. The molecule has 0 aliphatic carbocycles. The van der Waals surface area contributed by atoms with Crippen LogP contribution in [-0.2, 0) is 11.0 Å². The fourth-order valence-corrected chi connectivity index (χ4v) is 2.33. The van der Waals surface area contributed by atoms with E-state index in [1.807, 2.05) is 0 Å². The van der Waals surface area contributed by atoms with Crippen molar-refractivity contribution < 1.29 is 8.60 Å². The van der Waals surface area contributed by atoms with Crippen LogP contribution in [0.2, 0.25) is 0 Å². The predicted octanol–water partition coefficient (Wildman–Crippen LogP) is 3.10. The summed E-state index contributed by atoms with van der Waals surface area (Å²) in [6.07, 6.45) is 5.82. The van der Waals surface area contributed by atoms with Crippen LogP contribution >= 0.6 is 15.9 Å². The highest BCUT2D eigenvalue weighted by molar-refractivity contribution is 9.10. The standard InChI is InChI=1S/C13H15BrFNOS/c1-4-9(8-13(2,3)18(16)17)10-6-5-7-11(14)12(10)15/h1,5-7,9H,8,16H2,2-3H3/t9-,18?/m0/s1. The molecule has 0 saturated heterocycles. The molecule has 18 heavy (non-hydrogen) atoms. The third-order valence-corrected chi connectivity index (χ3v) is 4.67. The lowest BCUT2D eigenvalue weighted by molar-refractivity contribution is 0.542. The highest BCUT2D eigenvalue weighted by Crippen LogP contribution is 2.32. The van der Waals surface area contributed by atoms with Gasteiger partial charge in [0.05, 0.1) is 20.2 Å². The third-order valence-electron chi connectivity index (χ3n) is 2.80. The Balaban J connectivity index is 3.09. The Bertz CT molecular complexity index is 510. The van der Waals surface area contributed by atoms with E-state index in [0.29, 0.717) is 16.5 Å². The van der Waals surface area contributed by atoms with E-state index in [-0.39, 0.29) is 5.82 Å². The second kappa shape index (κ2) is 5.96. The van der Waals surface area contributed by atoms with Crippen LogP contribution in [0.15, 0.2) is 22.7 Å². The first-order valence-corrected chi connectivity index (χ1v) is 7.36. The largest absolute Gasteiger partial charge is 0.251 e. The molecule has 0 bridgehead atoms. The summed E-state index contributed by atoms with van der Waals surface area (Å²) in [5, 5.41) is 5.42. The molecule has 0 heterocycles. The van der Waals surface area contributed by atoms with Crippen molar-refractivity contribution in [2.75, 3.05) is 0 Å². The molecule has 0 saturated carbocycles. The van der Waals surface area contributed by atoms with Crippen molar-refractivity contribution in [1.29, 1.82) is 0 Å². The molecule has 2 N–H and O–H groups in total. The minimum absolute atomic E-state index is 0.361. The fraction of sp³-hybridized carbons (Fsp3) is 0.385. The van der Waals surface area contributed by atoms with Crippen molar-refractivity contribution >= 4 is 26.9 Å². The summed E-state index contributed by atoms with van der Waals surface area (Å²) in [4.78, 5) is 0. The monoisotopic (exact) mass is 331 g/mol. The Morgan fingerprint density at radius 3 is 2.72 bits per heavy atom. The summed E-state index contributed by atoms with van der Waals surface area (Å²) in [5.74, 6) is 1.72. The molecule has 2 nitrogen and oxygen atoms in total. The number of rotatable bonds is 4. The summed E-state index contributed by atoms with van der Waals surface area (Å²) < 4.78 is 25.1. The van der Waals surface area contributed by atoms with E-state index in [4.69, 9.17) is 11.6 Å². The van der Waals surface area contributed by atoms with Crippen molar-refractivity contribution in [3.05, 3.63) is 34.1 Å². The van der Waals surface area contributed by atoms with Crippen molar-refractivity contribution in [3.8, 4) is 12.3 Å². The normalized spacial score (nSPS) is 14.9. The van der Waals surface area contributed by atoms with Crippen LogP contribution in [0.1, 0.15) is 31.7 Å². The molecule has 1 aromatic rings. The summed E-state index contributed by atoms with van der Waals surface area (Å²) in [6.45, 7) is 3.51. The van der Waals surface area contributed by atoms with E-state index in [1.54, 1.807) is 32.0 Å². The van der Waals surface area contributed by atoms with Gasteiger partial charge in [-0.2, -0.15) is 0 Å². The van der Waals surface area contributed by atoms with Gasteiger partial charge in [-0.1, -0.05) is 18.1 Å². The van der Waals surface area contributed by atoms with Gasteiger partial charge < -0.3 is 0 Å². The summed E-state index contributed by atoms with van der Waals surface area (Å²) in [5.41, 5.74) is 0.422. The van der Waals surface area contributed by atoms with Gasteiger partial charge >= 0.3 is 0 Å². The second-order valence-electron chi connectivity index (χ2n) is 4.62. The first-order chi connectivity index (χ1) is 8.29. The molecule has 1 rings (SSSR count). The Kier molecular flexibility index (Phi) is 5.09. The van der Waals surface area contributed by atoms with Gasteiger partial charge in [0.15, 0.2) is 0 Å². The number of halogens is 2. The van der Waals surface area contributed by atoms with E-state index in [1.165, 1.54) is 0 Å². The van der Waals surface area contributed by atoms with Crippen LogP contribution in [0.5, 0.6) is 0 Å². The van der Waals surface area contributed by atoms with Gasteiger partial charge in [0.1, 0.15) is 5.82 Å². The molecule has 5 heteroatoms. The van der Waals surface area contributed by atoms with Gasteiger partial charge in [-0.15, -0.1) is 6.42 Å². The lowest BCUT2D eigenvalue weighted by atomic mass is 9.90. The number of hydrogen-bond donors (Lipinski definition) is 1. The van der Waals surface area contributed by atoms with Crippen LogP contribution in [-0.4, -0.2) is 8.96 Å². The Labute approximate surface area is 118 Å². The summed E-state index contributed by atoms with van der Waals surface area (Å²) >= 11 is 3.12. The zero-order chi connectivity index (χ0) is 13.9. The molecule has 0 spiro atoms. The molecular weight excluding hydrogens is 317 g/mol. The molecule has 0 radical (unpaired) electrons. The van der Waals surface area contributed by atoms with E-state index in [9.17, 15) is 8.60 Å². The number of nitrogens with two attached hydrogens (primary N) is 1. The van der Waals surface area contributed by atoms with Gasteiger partial charge in [0.25, 0.3) is 0 Å². The molecule has 0 aliphatic rings. The molecule has 98 valence electrons. The first-order valence-electron chi connectivity index (χ1n) is 5.36. The molecule has 2 atom stereocenters. The van der Waals surface area contributed by atoms with Gasteiger partial charge in [0, 0.05) is 11.5 Å². The molecule has 0 amide bonds. The molecule has 0 fully saturated rings. The fourth-order valence-electron chi connectivity index (χ4n) is 1.62. The van der Waals surface area contributed by atoms with Gasteiger partial charge in [0.2, 0.25) is 0 Å². The van der Waals surface area contributed by atoms with E-state index < -0.39 is 21.7 Å². The second-order valence-corrected chi connectivity index (χ2v) is 7.18. The van der Waals surface area contributed by atoms with Crippen molar-refractivity contribution in [2.45, 2.75) is 30.9 Å². The Hall–Kier alpha value is -0.700. The van der Waals surface area contributed by atoms with E-state index >= 15 is 0 Å². The van der Waals surface area contributed by atoms with E-state index in [0.717, 1.165) is 0 Å². The van der Waals surface area contributed by atoms with Crippen LogP contribution in [0, 0.1) is 18.2 Å². The molecular formula is C13H15BrFNOS. The third kappa shape index (κ3) is 3.41. The minimum Gasteiger partial charge on any atom is -0.251 e. The van der Waals surface area contributed by atoms with Crippen molar-refractivity contribution in [3.63, 3.8) is 0 Å². The zero-order valence-electron chi connectivity index (χ0n) is 10.2. The van der Waals surface area contributed by atoms with Gasteiger partial charge in [-0.05, 0) is 42.3 Å². The highest BCUT2D eigenvalue weighted by atomic mass is 79.9. The Morgan fingerprint density at radius 1 is 1.61 bits per heavy atom. The average Bonchev–Trinajstić information content (AvgIpc) is 2.30. The minimum atomic E-state index is -1.51. The summed E-state index contributed by atoms with van der Waals surface area (Å²) in [7, 11) is -1.51. The Morgan fingerprint density at radius 2 is 2.22 bits per heavy atom. The maximum Gasteiger partial charge on any atom is 0.141 e. The quantitative estimate of drug-likeness (QED) is 0.846. The van der Waals surface area contributed by atoms with Crippen molar-refractivity contribution in [2.24, 2.45) is 5.14 Å². The lowest BCUT2D eigenvalue weighted by Crippen LogP contribution is -2.33. The maximum atomic E-state index is 14.0. The molecule has 0 aromatic heterocycles. The van der Waals surface area contributed by atoms with Crippen LogP contribution in [0.25, 0.3) is 0 Å². The smallest absolute Gasteiger partial charge is 0.141 e. The number of terminal acetylenes is 1. The van der Waals surface area contributed by atoms with Crippen LogP contribution < -0.4 is 5.14 Å². The highest BCUT2D eigenvalue weighted by Gasteiger charge is 2.29. The van der Waals surface area contributed by atoms with Gasteiger partial charge in [-0.25, -0.2) is 8.60 Å². The predicted molar refractivity (Wildman–Crippen MR) is 76.7 cm³/mol. The van der Waals surface area contributed by atoms with Gasteiger partial charge in [-0.3, -0.25) is 5.14 Å². The zero-order valence-corrected chi connectivity index (χ0v) is 12.6. The topological polar surface area (TPSA) is 43.1 Å². The lowest BCUT2D eigenvalue weighted by Gasteiger charge is -2.25. The van der Waals surface area contributed by atoms with E-state index in [2.05, 4.69) is 21.9 Å². The van der Waals surface area contributed by atoms with Crippen molar-refractivity contribution in [1.82, 2.24) is 0 Å². The molecule has 1 unspecified atom stereocenters. The molecule has 1 aromatic carbocycles. The van der Waals surface area contributed by atoms with Crippen LogP contribution in [0.4, 0.5) is 4.39 Å². The maximum absolute atomic E-state index is 14.0. The average molecular weight is 332 g/mol. The SMILES string of the molecule is C#C[C@@H](CC(C)(C)S(N)=O)c1cccc(Br)c1F. The number of benzene rings is 1. The number of hydrogen-bond acceptors (Lipinski definition) is 1. The summed E-state index contributed by atoms with van der Waals surface area (Å²) in [6, 6.07) is 4.97.